The van der Waals surface area contributed by atoms with E-state index >= 15 is 0 Å². The lowest BCUT2D eigenvalue weighted by atomic mass is 10.00. The van der Waals surface area contributed by atoms with Gasteiger partial charge < -0.3 is 5.32 Å². The molecule has 1 unspecified atom stereocenters. The fourth-order valence-electron chi connectivity index (χ4n) is 2.25. The average Bonchev–Trinajstić information content (AvgIpc) is 2.38. The third-order valence-electron chi connectivity index (χ3n) is 3.06. The first-order valence-corrected chi connectivity index (χ1v) is 6.97. The first-order valence-electron chi connectivity index (χ1n) is 6.59. The molecule has 0 fully saturated rings. The van der Waals surface area contributed by atoms with Crippen molar-refractivity contribution in [3.63, 3.8) is 0 Å². The third-order valence-corrected chi connectivity index (χ3v) is 3.27. The average molecular weight is 275 g/mol. The van der Waals surface area contributed by atoms with Gasteiger partial charge in [0.05, 0.1) is 0 Å². The van der Waals surface area contributed by atoms with E-state index in [-0.39, 0.29) is 6.04 Å². The topological polar surface area (TPSA) is 24.9 Å². The van der Waals surface area contributed by atoms with Gasteiger partial charge in [-0.05, 0) is 48.9 Å². The van der Waals surface area contributed by atoms with E-state index < -0.39 is 0 Å². The number of benzene rings is 1. The minimum Gasteiger partial charge on any atom is -0.310 e. The highest BCUT2D eigenvalue weighted by molar-refractivity contribution is 6.30. The summed E-state index contributed by atoms with van der Waals surface area (Å²) in [6.45, 7) is 5.10. The summed E-state index contributed by atoms with van der Waals surface area (Å²) in [5.41, 5.74) is 3.50. The van der Waals surface area contributed by atoms with Crippen molar-refractivity contribution in [1.29, 1.82) is 0 Å². The normalized spacial score (nSPS) is 12.4. The largest absolute Gasteiger partial charge is 0.310 e. The molecular formula is C16H19ClN2. The van der Waals surface area contributed by atoms with Crippen LogP contribution >= 0.6 is 11.6 Å². The number of aromatic nitrogens is 1. The van der Waals surface area contributed by atoms with Crippen LogP contribution in [0.25, 0.3) is 0 Å². The van der Waals surface area contributed by atoms with Crippen LogP contribution in [-0.4, -0.2) is 11.5 Å². The number of halogens is 1. The fraction of sp³-hybridized carbons (Fsp3) is 0.312. The fourth-order valence-corrected chi connectivity index (χ4v) is 2.55. The maximum absolute atomic E-state index is 6.15. The van der Waals surface area contributed by atoms with Gasteiger partial charge in [-0.3, -0.25) is 4.98 Å². The Hall–Kier alpha value is -1.38. The van der Waals surface area contributed by atoms with Crippen LogP contribution in [0.15, 0.2) is 42.6 Å². The maximum atomic E-state index is 6.15. The number of hydrogen-bond donors (Lipinski definition) is 1. The van der Waals surface area contributed by atoms with E-state index in [1.165, 1.54) is 11.1 Å². The maximum Gasteiger partial charge on any atom is 0.0422 e. The lowest BCUT2D eigenvalue weighted by molar-refractivity contribution is 0.544. The highest BCUT2D eigenvalue weighted by Gasteiger charge is 2.12. The molecule has 3 heteroatoms. The predicted molar refractivity (Wildman–Crippen MR) is 80.5 cm³/mol. The lowest BCUT2D eigenvalue weighted by Gasteiger charge is -2.19. The second-order valence-electron chi connectivity index (χ2n) is 4.70. The number of hydrogen-bond acceptors (Lipinski definition) is 2. The molecule has 0 bridgehead atoms. The molecule has 2 rings (SSSR count). The van der Waals surface area contributed by atoms with E-state index in [1.807, 2.05) is 30.5 Å². The first kappa shape index (κ1) is 14.0. The van der Waals surface area contributed by atoms with E-state index in [4.69, 9.17) is 11.6 Å². The van der Waals surface area contributed by atoms with E-state index in [2.05, 4.69) is 36.3 Å². The Kier molecular flexibility index (Phi) is 4.94. The molecule has 2 aromatic rings. The molecule has 0 spiro atoms. The van der Waals surface area contributed by atoms with E-state index in [9.17, 15) is 0 Å². The van der Waals surface area contributed by atoms with Crippen molar-refractivity contribution >= 4 is 11.6 Å². The summed E-state index contributed by atoms with van der Waals surface area (Å²) in [7, 11) is 0. The Balaban J connectivity index is 2.24. The Morgan fingerprint density at radius 1 is 1.26 bits per heavy atom. The van der Waals surface area contributed by atoms with Gasteiger partial charge in [-0.25, -0.2) is 0 Å². The molecule has 0 aliphatic heterocycles. The minimum atomic E-state index is 0.247. The van der Waals surface area contributed by atoms with Gasteiger partial charge in [0.25, 0.3) is 0 Å². The number of pyridine rings is 1. The highest BCUT2D eigenvalue weighted by atomic mass is 35.5. The molecule has 1 atom stereocenters. The van der Waals surface area contributed by atoms with Gasteiger partial charge in [0, 0.05) is 29.4 Å². The number of nitrogens with one attached hydrogen (secondary N) is 1. The Morgan fingerprint density at radius 3 is 2.74 bits per heavy atom. The number of likely N-dealkylation sites (N-methyl/N-ethyl adjacent to an activating group) is 1. The summed E-state index contributed by atoms with van der Waals surface area (Å²) in [4.78, 5) is 4.40. The summed E-state index contributed by atoms with van der Waals surface area (Å²) in [5, 5.41) is 4.29. The summed E-state index contributed by atoms with van der Waals surface area (Å²) < 4.78 is 0. The quantitative estimate of drug-likeness (QED) is 0.893. The zero-order valence-electron chi connectivity index (χ0n) is 11.4. The molecule has 0 saturated heterocycles. The van der Waals surface area contributed by atoms with Gasteiger partial charge in [0.1, 0.15) is 0 Å². The van der Waals surface area contributed by atoms with Crippen LogP contribution in [0, 0.1) is 6.92 Å². The van der Waals surface area contributed by atoms with Crippen LogP contribution < -0.4 is 5.32 Å². The second-order valence-corrected chi connectivity index (χ2v) is 5.13. The molecule has 1 N–H and O–H groups in total. The van der Waals surface area contributed by atoms with Crippen molar-refractivity contribution < 1.29 is 0 Å². The predicted octanol–water partition coefficient (Wildman–Crippen LogP) is 3.94. The van der Waals surface area contributed by atoms with Crippen molar-refractivity contribution in [2.75, 3.05) is 6.54 Å². The van der Waals surface area contributed by atoms with Gasteiger partial charge in [-0.2, -0.15) is 0 Å². The van der Waals surface area contributed by atoms with Gasteiger partial charge >= 0.3 is 0 Å². The summed E-state index contributed by atoms with van der Waals surface area (Å²) >= 11 is 6.15. The Labute approximate surface area is 119 Å². The zero-order chi connectivity index (χ0) is 13.7. The molecular weight excluding hydrogens is 256 g/mol. The van der Waals surface area contributed by atoms with Crippen LogP contribution in [0.3, 0.4) is 0 Å². The monoisotopic (exact) mass is 274 g/mol. The van der Waals surface area contributed by atoms with Crippen LogP contribution in [-0.2, 0) is 6.42 Å². The van der Waals surface area contributed by atoms with Crippen molar-refractivity contribution in [2.45, 2.75) is 26.3 Å². The molecule has 1 aromatic carbocycles. The standard InChI is InChI=1S/C16H19ClN2/c1-3-18-16(11-15-6-4-5-7-19-15)13-8-12(2)9-14(17)10-13/h4-10,16,18H,3,11H2,1-2H3. The van der Waals surface area contributed by atoms with E-state index in [0.717, 1.165) is 23.7 Å². The second kappa shape index (κ2) is 6.69. The van der Waals surface area contributed by atoms with Crippen LogP contribution in [0.4, 0.5) is 0 Å². The van der Waals surface area contributed by atoms with Crippen LogP contribution in [0.2, 0.25) is 5.02 Å². The lowest BCUT2D eigenvalue weighted by Crippen LogP contribution is -2.23. The molecule has 1 heterocycles. The number of rotatable bonds is 5. The van der Waals surface area contributed by atoms with E-state index in [1.54, 1.807) is 0 Å². The minimum absolute atomic E-state index is 0.247. The van der Waals surface area contributed by atoms with E-state index in [0.29, 0.717) is 0 Å². The highest BCUT2D eigenvalue weighted by Crippen LogP contribution is 2.22. The van der Waals surface area contributed by atoms with Gasteiger partial charge in [0.2, 0.25) is 0 Å². The summed E-state index contributed by atoms with van der Waals surface area (Å²) in [6.07, 6.45) is 2.70. The Bertz CT molecular complexity index is 505. The smallest absolute Gasteiger partial charge is 0.0422 e. The molecule has 0 aliphatic rings. The number of aryl methyl sites for hydroxylation is 1. The van der Waals surface area contributed by atoms with Crippen molar-refractivity contribution in [2.24, 2.45) is 0 Å². The van der Waals surface area contributed by atoms with Gasteiger partial charge in [0.15, 0.2) is 0 Å². The van der Waals surface area contributed by atoms with Gasteiger partial charge in [-0.1, -0.05) is 30.7 Å². The SMILES string of the molecule is CCNC(Cc1ccccn1)c1cc(C)cc(Cl)c1. The number of nitrogens with zero attached hydrogens (tertiary/aromatic N) is 1. The van der Waals surface area contributed by atoms with Crippen molar-refractivity contribution in [1.82, 2.24) is 10.3 Å². The summed E-state index contributed by atoms with van der Waals surface area (Å²) in [6, 6.07) is 12.5. The molecule has 0 saturated carbocycles. The van der Waals surface area contributed by atoms with Gasteiger partial charge in [-0.15, -0.1) is 0 Å². The Morgan fingerprint density at radius 2 is 2.11 bits per heavy atom. The summed E-state index contributed by atoms with van der Waals surface area (Å²) in [5.74, 6) is 0. The molecule has 0 radical (unpaired) electrons. The van der Waals surface area contributed by atoms with Crippen LogP contribution in [0.5, 0.6) is 0 Å². The van der Waals surface area contributed by atoms with Crippen molar-refractivity contribution in [3.8, 4) is 0 Å². The molecule has 100 valence electrons. The zero-order valence-corrected chi connectivity index (χ0v) is 12.1. The molecule has 1 aromatic heterocycles. The molecule has 0 amide bonds. The van der Waals surface area contributed by atoms with Crippen molar-refractivity contribution in [3.05, 3.63) is 64.4 Å². The molecule has 19 heavy (non-hydrogen) atoms. The molecule has 0 aliphatic carbocycles. The molecule has 2 nitrogen and oxygen atoms in total. The van der Waals surface area contributed by atoms with Crippen LogP contribution in [0.1, 0.15) is 29.8 Å². The first-order chi connectivity index (χ1) is 9.19. The third kappa shape index (κ3) is 4.05.